The number of rotatable bonds is 4. The molecule has 110 valence electrons. The van der Waals surface area contributed by atoms with E-state index >= 15 is 0 Å². The third-order valence-corrected chi connectivity index (χ3v) is 3.92. The van der Waals surface area contributed by atoms with Gasteiger partial charge in [0.15, 0.2) is 0 Å². The molecule has 0 spiro atoms. The molecule has 0 aliphatic carbocycles. The molecule has 5 nitrogen and oxygen atoms in total. The highest BCUT2D eigenvalue weighted by atomic mass is 16.2. The van der Waals surface area contributed by atoms with Gasteiger partial charge in [-0.2, -0.15) is 0 Å². The zero-order chi connectivity index (χ0) is 14.5. The molecule has 2 heterocycles. The number of piperidine rings is 1. The first-order chi connectivity index (χ1) is 9.61. The van der Waals surface area contributed by atoms with Gasteiger partial charge in [-0.15, -0.1) is 0 Å². The molecule has 0 atom stereocenters. The maximum absolute atomic E-state index is 11.9. The lowest BCUT2D eigenvalue weighted by Gasteiger charge is -2.33. The number of carbonyl (C=O) groups excluding carboxylic acids is 1. The lowest BCUT2D eigenvalue weighted by molar-refractivity contribution is 0.0822. The summed E-state index contributed by atoms with van der Waals surface area (Å²) in [5, 5.41) is 0. The first-order valence-electron chi connectivity index (χ1n) is 7.24. The number of pyridine rings is 1. The highest BCUT2D eigenvalue weighted by molar-refractivity contribution is 5.92. The Labute approximate surface area is 120 Å². The molecule has 0 unspecified atom stereocenters. The summed E-state index contributed by atoms with van der Waals surface area (Å²) in [6, 6.07) is 3.88. The van der Waals surface area contributed by atoms with Crippen molar-refractivity contribution in [2.75, 3.05) is 38.6 Å². The van der Waals surface area contributed by atoms with Gasteiger partial charge in [0.2, 0.25) is 0 Å². The predicted octanol–water partition coefficient (Wildman–Crippen LogP) is 1.35. The number of carbonyl (C=O) groups is 1. The molecule has 0 radical (unpaired) electrons. The lowest BCUT2D eigenvalue weighted by Crippen LogP contribution is -2.34. The Morgan fingerprint density at radius 2 is 2.15 bits per heavy atom. The molecule has 1 fully saturated rings. The van der Waals surface area contributed by atoms with E-state index in [2.05, 4.69) is 9.88 Å². The van der Waals surface area contributed by atoms with Crippen LogP contribution in [0.4, 0.5) is 5.69 Å². The van der Waals surface area contributed by atoms with E-state index < -0.39 is 0 Å². The van der Waals surface area contributed by atoms with Gasteiger partial charge >= 0.3 is 0 Å². The number of nitrogens with two attached hydrogens (primary N) is 1. The van der Waals surface area contributed by atoms with E-state index in [0.29, 0.717) is 5.69 Å². The maximum atomic E-state index is 11.9. The Hall–Kier alpha value is -1.62. The van der Waals surface area contributed by atoms with Crippen molar-refractivity contribution in [2.24, 2.45) is 11.7 Å². The third kappa shape index (κ3) is 3.48. The summed E-state index contributed by atoms with van der Waals surface area (Å²) in [5.41, 5.74) is 7.23. The molecule has 1 aliphatic rings. The Balaban J connectivity index is 2.03. The Morgan fingerprint density at radius 3 is 2.75 bits per heavy atom. The van der Waals surface area contributed by atoms with Crippen LogP contribution in [0.1, 0.15) is 29.8 Å². The number of nitrogens with zero attached hydrogens (tertiary/aromatic N) is 3. The fourth-order valence-electron chi connectivity index (χ4n) is 2.68. The molecule has 1 aliphatic heterocycles. The molecule has 20 heavy (non-hydrogen) atoms. The van der Waals surface area contributed by atoms with Crippen LogP contribution in [0.3, 0.4) is 0 Å². The molecule has 0 aromatic carbocycles. The van der Waals surface area contributed by atoms with Crippen molar-refractivity contribution in [1.82, 2.24) is 9.88 Å². The zero-order valence-electron chi connectivity index (χ0n) is 12.4. The summed E-state index contributed by atoms with van der Waals surface area (Å²) in [7, 11) is 3.49. The minimum atomic E-state index is -0.0510. The lowest BCUT2D eigenvalue weighted by atomic mass is 9.93. The molecule has 1 amide bonds. The van der Waals surface area contributed by atoms with Crippen molar-refractivity contribution in [1.29, 1.82) is 0 Å². The second-order valence-corrected chi connectivity index (χ2v) is 5.61. The number of anilines is 1. The van der Waals surface area contributed by atoms with Crippen LogP contribution >= 0.6 is 0 Å². The van der Waals surface area contributed by atoms with Crippen molar-refractivity contribution < 1.29 is 4.79 Å². The molecule has 0 saturated carbocycles. The second kappa shape index (κ2) is 6.70. The van der Waals surface area contributed by atoms with Crippen molar-refractivity contribution in [3.05, 3.63) is 24.0 Å². The van der Waals surface area contributed by atoms with E-state index in [1.54, 1.807) is 25.2 Å². The van der Waals surface area contributed by atoms with Gasteiger partial charge in [0, 0.05) is 39.1 Å². The summed E-state index contributed by atoms with van der Waals surface area (Å²) < 4.78 is 0. The molecule has 1 aromatic heterocycles. The number of amides is 1. The van der Waals surface area contributed by atoms with E-state index in [9.17, 15) is 4.79 Å². The van der Waals surface area contributed by atoms with Gasteiger partial charge in [-0.05, 0) is 43.9 Å². The largest absolute Gasteiger partial charge is 0.371 e. The number of hydrogen-bond donors (Lipinski definition) is 1. The molecule has 2 N–H and O–H groups in total. The van der Waals surface area contributed by atoms with Crippen molar-refractivity contribution >= 4 is 11.6 Å². The van der Waals surface area contributed by atoms with Crippen molar-refractivity contribution in [3.63, 3.8) is 0 Å². The summed E-state index contributed by atoms with van der Waals surface area (Å²) in [5.74, 6) is 0.700. The molecule has 2 rings (SSSR count). The van der Waals surface area contributed by atoms with Crippen LogP contribution in [-0.4, -0.2) is 49.5 Å². The Morgan fingerprint density at radius 1 is 1.45 bits per heavy atom. The highest BCUT2D eigenvalue weighted by Gasteiger charge is 2.20. The maximum Gasteiger partial charge on any atom is 0.272 e. The highest BCUT2D eigenvalue weighted by Crippen LogP contribution is 2.25. The van der Waals surface area contributed by atoms with Gasteiger partial charge in [0.1, 0.15) is 5.69 Å². The van der Waals surface area contributed by atoms with Gasteiger partial charge < -0.3 is 15.5 Å². The number of aromatic nitrogens is 1. The number of hydrogen-bond acceptors (Lipinski definition) is 4. The predicted molar refractivity (Wildman–Crippen MR) is 80.9 cm³/mol. The minimum Gasteiger partial charge on any atom is -0.371 e. The van der Waals surface area contributed by atoms with Crippen LogP contribution in [0.2, 0.25) is 0 Å². The van der Waals surface area contributed by atoms with E-state index in [4.69, 9.17) is 5.73 Å². The fraction of sp³-hybridized carbons (Fsp3) is 0.600. The molecule has 0 bridgehead atoms. The molecule has 1 saturated heterocycles. The van der Waals surface area contributed by atoms with Gasteiger partial charge in [-0.3, -0.25) is 9.78 Å². The molecular weight excluding hydrogens is 252 g/mol. The van der Waals surface area contributed by atoms with Crippen LogP contribution in [0.5, 0.6) is 0 Å². The van der Waals surface area contributed by atoms with E-state index in [1.807, 2.05) is 12.1 Å². The molecular formula is C15H24N4O. The van der Waals surface area contributed by atoms with Crippen LogP contribution in [0.15, 0.2) is 18.3 Å². The average molecular weight is 276 g/mol. The third-order valence-electron chi connectivity index (χ3n) is 3.92. The van der Waals surface area contributed by atoms with E-state index in [-0.39, 0.29) is 5.91 Å². The molecule has 5 heteroatoms. The quantitative estimate of drug-likeness (QED) is 0.901. The summed E-state index contributed by atoms with van der Waals surface area (Å²) in [4.78, 5) is 20.0. The monoisotopic (exact) mass is 276 g/mol. The van der Waals surface area contributed by atoms with Crippen LogP contribution in [-0.2, 0) is 0 Å². The van der Waals surface area contributed by atoms with Crippen LogP contribution < -0.4 is 10.6 Å². The zero-order valence-corrected chi connectivity index (χ0v) is 12.4. The van der Waals surface area contributed by atoms with Crippen LogP contribution in [0.25, 0.3) is 0 Å². The standard InChI is InChI=1S/C15H24N4O/c1-18(2)15(20)14-11-13(4-8-17-14)19-9-5-12(3-7-16)6-10-19/h4,8,11-12H,3,5-7,9-10,16H2,1-2H3. The summed E-state index contributed by atoms with van der Waals surface area (Å²) in [6.45, 7) is 2.84. The summed E-state index contributed by atoms with van der Waals surface area (Å²) in [6.07, 6.45) is 5.19. The minimum absolute atomic E-state index is 0.0510. The second-order valence-electron chi connectivity index (χ2n) is 5.61. The van der Waals surface area contributed by atoms with Crippen molar-refractivity contribution in [2.45, 2.75) is 19.3 Å². The van der Waals surface area contributed by atoms with E-state index in [0.717, 1.165) is 37.7 Å². The SMILES string of the molecule is CN(C)C(=O)c1cc(N2CCC(CCN)CC2)ccn1. The van der Waals surface area contributed by atoms with E-state index in [1.165, 1.54) is 12.8 Å². The van der Waals surface area contributed by atoms with Crippen molar-refractivity contribution in [3.8, 4) is 0 Å². The Bertz CT molecular complexity index is 453. The normalized spacial score (nSPS) is 16.2. The average Bonchev–Trinajstić information content (AvgIpc) is 2.47. The first kappa shape index (κ1) is 14.8. The van der Waals surface area contributed by atoms with Gasteiger partial charge in [0.05, 0.1) is 0 Å². The van der Waals surface area contributed by atoms with Crippen LogP contribution in [0, 0.1) is 5.92 Å². The smallest absolute Gasteiger partial charge is 0.272 e. The van der Waals surface area contributed by atoms with Gasteiger partial charge in [0.25, 0.3) is 5.91 Å². The van der Waals surface area contributed by atoms with Gasteiger partial charge in [-0.25, -0.2) is 0 Å². The summed E-state index contributed by atoms with van der Waals surface area (Å²) >= 11 is 0. The Kier molecular flexibility index (Phi) is 4.95. The first-order valence-corrected chi connectivity index (χ1v) is 7.24. The topological polar surface area (TPSA) is 62.5 Å². The van der Waals surface area contributed by atoms with Gasteiger partial charge in [-0.1, -0.05) is 0 Å². The fourth-order valence-corrected chi connectivity index (χ4v) is 2.68. The molecule has 1 aromatic rings.